The maximum Gasteiger partial charge on any atom is 0.223 e. The summed E-state index contributed by atoms with van der Waals surface area (Å²) < 4.78 is 0. The van der Waals surface area contributed by atoms with Gasteiger partial charge in [-0.05, 0) is 12.8 Å². The van der Waals surface area contributed by atoms with Crippen LogP contribution in [0, 0.1) is 0 Å². The van der Waals surface area contributed by atoms with Crippen LogP contribution in [0.3, 0.4) is 0 Å². The second-order valence-corrected chi connectivity index (χ2v) is 2.40. The fourth-order valence-corrected chi connectivity index (χ4v) is 0.857. The zero-order valence-electron chi connectivity index (χ0n) is 6.56. The Balaban J connectivity index is 2.72. The van der Waals surface area contributed by atoms with Gasteiger partial charge in [-0.3, -0.25) is 0 Å². The molecule has 0 radical (unpaired) electrons. The Hall–Kier alpha value is -1.36. The van der Waals surface area contributed by atoms with Gasteiger partial charge < -0.3 is 15.9 Å². The van der Waals surface area contributed by atoms with Crippen LogP contribution in [-0.4, -0.2) is 26.8 Å². The van der Waals surface area contributed by atoms with Crippen LogP contribution in [0.5, 0.6) is 5.88 Å². The quantitative estimate of drug-likeness (QED) is 0.577. The smallest absolute Gasteiger partial charge is 0.223 e. The summed E-state index contributed by atoms with van der Waals surface area (Å²) in [6.45, 7) is 0.0871. The van der Waals surface area contributed by atoms with E-state index in [4.69, 9.17) is 10.8 Å². The number of aryl methyl sites for hydroxylation is 1. The van der Waals surface area contributed by atoms with Crippen molar-refractivity contribution < 1.29 is 10.2 Å². The molecule has 1 rings (SSSR count). The number of rotatable bonds is 3. The van der Waals surface area contributed by atoms with E-state index in [9.17, 15) is 5.11 Å². The number of aliphatic hydroxyl groups excluding tert-OH is 1. The number of aromatic nitrogens is 2. The second-order valence-electron chi connectivity index (χ2n) is 2.40. The maximum absolute atomic E-state index is 9.21. The van der Waals surface area contributed by atoms with Crippen LogP contribution in [0.1, 0.15) is 12.0 Å². The van der Waals surface area contributed by atoms with Crippen molar-refractivity contribution in [3.63, 3.8) is 0 Å². The minimum absolute atomic E-state index is 0.0558. The van der Waals surface area contributed by atoms with E-state index in [2.05, 4.69) is 9.97 Å². The fourth-order valence-electron chi connectivity index (χ4n) is 0.857. The first-order valence-electron chi connectivity index (χ1n) is 3.65. The first kappa shape index (κ1) is 8.73. The molecule has 0 amide bonds. The number of aliphatic hydroxyl groups is 1. The Morgan fingerprint density at radius 3 is 2.83 bits per heavy atom. The van der Waals surface area contributed by atoms with E-state index in [0.29, 0.717) is 18.4 Å². The molecule has 1 aromatic rings. The molecule has 12 heavy (non-hydrogen) atoms. The van der Waals surface area contributed by atoms with Gasteiger partial charge >= 0.3 is 0 Å². The highest BCUT2D eigenvalue weighted by molar-refractivity contribution is 5.28. The number of hydrogen-bond donors (Lipinski definition) is 3. The number of nitrogen functional groups attached to an aromatic ring is 1. The normalized spacial score (nSPS) is 10.1. The van der Waals surface area contributed by atoms with E-state index >= 15 is 0 Å². The van der Waals surface area contributed by atoms with Crippen molar-refractivity contribution in [2.45, 2.75) is 12.8 Å². The molecule has 5 heteroatoms. The minimum Gasteiger partial charge on any atom is -0.493 e. The van der Waals surface area contributed by atoms with Crippen LogP contribution in [0.2, 0.25) is 0 Å². The summed E-state index contributed by atoms with van der Waals surface area (Å²) >= 11 is 0. The van der Waals surface area contributed by atoms with E-state index in [1.165, 1.54) is 6.20 Å². The molecule has 0 fully saturated rings. The molecule has 0 unspecified atom stereocenters. The first-order chi connectivity index (χ1) is 5.74. The lowest BCUT2D eigenvalue weighted by Crippen LogP contribution is -1.98. The summed E-state index contributed by atoms with van der Waals surface area (Å²) in [4.78, 5) is 7.28. The Morgan fingerprint density at radius 1 is 1.50 bits per heavy atom. The van der Waals surface area contributed by atoms with Crippen molar-refractivity contribution in [3.8, 4) is 5.88 Å². The third kappa shape index (κ3) is 2.06. The molecule has 1 heterocycles. The summed E-state index contributed by atoms with van der Waals surface area (Å²) in [6, 6.07) is 0. The second kappa shape index (κ2) is 3.87. The van der Waals surface area contributed by atoms with Crippen molar-refractivity contribution in [2.75, 3.05) is 12.3 Å². The largest absolute Gasteiger partial charge is 0.493 e. The van der Waals surface area contributed by atoms with Crippen molar-refractivity contribution in [1.29, 1.82) is 0 Å². The topological polar surface area (TPSA) is 92.3 Å². The highest BCUT2D eigenvalue weighted by Gasteiger charge is 2.02. The lowest BCUT2D eigenvalue weighted by Gasteiger charge is -2.01. The van der Waals surface area contributed by atoms with Gasteiger partial charge in [-0.1, -0.05) is 0 Å². The van der Waals surface area contributed by atoms with E-state index in [0.717, 1.165) is 0 Å². The Labute approximate surface area is 69.9 Å². The molecule has 0 saturated carbocycles. The SMILES string of the molecule is Nc1ncc(CCCO)c(O)n1. The van der Waals surface area contributed by atoms with Gasteiger partial charge in [-0.15, -0.1) is 0 Å². The van der Waals surface area contributed by atoms with Gasteiger partial charge in [-0.25, -0.2) is 4.98 Å². The zero-order valence-corrected chi connectivity index (χ0v) is 6.56. The summed E-state index contributed by atoms with van der Waals surface area (Å²) in [5, 5.41) is 17.7. The maximum atomic E-state index is 9.21. The molecule has 0 aliphatic carbocycles. The molecule has 5 nitrogen and oxygen atoms in total. The van der Waals surface area contributed by atoms with Gasteiger partial charge in [0, 0.05) is 18.4 Å². The summed E-state index contributed by atoms with van der Waals surface area (Å²) in [7, 11) is 0. The van der Waals surface area contributed by atoms with Crippen LogP contribution in [-0.2, 0) is 6.42 Å². The number of hydrogen-bond acceptors (Lipinski definition) is 5. The predicted molar refractivity (Wildman–Crippen MR) is 43.5 cm³/mol. The van der Waals surface area contributed by atoms with Gasteiger partial charge in [0.2, 0.25) is 11.8 Å². The number of aromatic hydroxyl groups is 1. The van der Waals surface area contributed by atoms with Gasteiger partial charge in [0.25, 0.3) is 0 Å². The third-order valence-corrected chi connectivity index (χ3v) is 1.46. The average molecular weight is 169 g/mol. The van der Waals surface area contributed by atoms with Crippen LogP contribution < -0.4 is 5.73 Å². The predicted octanol–water partition coefficient (Wildman–Crippen LogP) is -0.311. The third-order valence-electron chi connectivity index (χ3n) is 1.46. The molecular formula is C7H11N3O2. The highest BCUT2D eigenvalue weighted by Crippen LogP contribution is 2.14. The summed E-state index contributed by atoms with van der Waals surface area (Å²) in [6.07, 6.45) is 2.61. The minimum atomic E-state index is -0.101. The van der Waals surface area contributed by atoms with Gasteiger partial charge in [-0.2, -0.15) is 4.98 Å². The molecule has 4 N–H and O–H groups in total. The van der Waals surface area contributed by atoms with Gasteiger partial charge in [0.15, 0.2) is 0 Å². The molecule has 1 aromatic heterocycles. The standard InChI is InChI=1S/C7H11N3O2/c8-7-9-4-5(2-1-3-11)6(12)10-7/h4,11H,1-3H2,(H3,8,9,10,12). The molecule has 0 saturated heterocycles. The molecule has 0 aliphatic heterocycles. The molecular weight excluding hydrogens is 158 g/mol. The van der Waals surface area contributed by atoms with Crippen molar-refractivity contribution >= 4 is 5.95 Å². The van der Waals surface area contributed by atoms with Crippen LogP contribution in [0.15, 0.2) is 6.20 Å². The average Bonchev–Trinajstić information content (AvgIpc) is 2.03. The molecule has 66 valence electrons. The van der Waals surface area contributed by atoms with Crippen LogP contribution in [0.4, 0.5) is 5.95 Å². The summed E-state index contributed by atoms with van der Waals surface area (Å²) in [5.74, 6) is -0.0452. The molecule has 0 bridgehead atoms. The van der Waals surface area contributed by atoms with Gasteiger partial charge in [0.1, 0.15) is 0 Å². The Kier molecular flexibility index (Phi) is 2.82. The van der Waals surface area contributed by atoms with Crippen molar-refractivity contribution in [1.82, 2.24) is 9.97 Å². The van der Waals surface area contributed by atoms with E-state index in [-0.39, 0.29) is 18.4 Å². The van der Waals surface area contributed by atoms with Crippen molar-refractivity contribution in [2.24, 2.45) is 0 Å². The van der Waals surface area contributed by atoms with Crippen molar-refractivity contribution in [3.05, 3.63) is 11.8 Å². The fraction of sp³-hybridized carbons (Fsp3) is 0.429. The highest BCUT2D eigenvalue weighted by atomic mass is 16.3. The Bertz CT molecular complexity index is 265. The van der Waals surface area contributed by atoms with Crippen LogP contribution in [0.25, 0.3) is 0 Å². The number of nitrogens with two attached hydrogens (primary N) is 1. The molecule has 0 aliphatic rings. The van der Waals surface area contributed by atoms with E-state index in [1.54, 1.807) is 0 Å². The van der Waals surface area contributed by atoms with Crippen LogP contribution >= 0.6 is 0 Å². The van der Waals surface area contributed by atoms with E-state index in [1.807, 2.05) is 0 Å². The lowest BCUT2D eigenvalue weighted by atomic mass is 10.2. The van der Waals surface area contributed by atoms with E-state index < -0.39 is 0 Å². The monoisotopic (exact) mass is 169 g/mol. The molecule has 0 spiro atoms. The first-order valence-corrected chi connectivity index (χ1v) is 3.65. The Morgan fingerprint density at radius 2 is 2.25 bits per heavy atom. The van der Waals surface area contributed by atoms with Gasteiger partial charge in [0.05, 0.1) is 0 Å². The zero-order chi connectivity index (χ0) is 8.97. The molecule has 0 atom stereocenters. The lowest BCUT2D eigenvalue weighted by molar-refractivity contribution is 0.287. The number of nitrogens with zero attached hydrogens (tertiary/aromatic N) is 2. The number of anilines is 1. The summed E-state index contributed by atoms with van der Waals surface area (Å²) in [5.41, 5.74) is 5.83. The molecule has 0 aromatic carbocycles.